The summed E-state index contributed by atoms with van der Waals surface area (Å²) in [7, 11) is 1.47. The van der Waals surface area contributed by atoms with Crippen molar-refractivity contribution in [1.82, 2.24) is 19.8 Å². The summed E-state index contributed by atoms with van der Waals surface area (Å²) in [6.07, 6.45) is 3.17. The molecule has 2 amide bonds. The monoisotopic (exact) mass is 414 g/mol. The first-order chi connectivity index (χ1) is 14.4. The number of nitrogens with zero attached hydrogens (tertiary/aromatic N) is 3. The Morgan fingerprint density at radius 2 is 1.93 bits per heavy atom. The van der Waals surface area contributed by atoms with Crippen LogP contribution in [0.3, 0.4) is 0 Å². The number of amides is 2. The third kappa shape index (κ3) is 3.79. The minimum Gasteiger partial charge on any atom is -0.501 e. The lowest BCUT2D eigenvalue weighted by atomic mass is 10.1. The fraction of sp³-hybridized carbons (Fsp3) is 0.429. The first-order valence-corrected chi connectivity index (χ1v) is 10.00. The summed E-state index contributed by atoms with van der Waals surface area (Å²) in [4.78, 5) is 43.8. The first-order valence-electron chi connectivity index (χ1n) is 10.00. The molecule has 1 aliphatic heterocycles. The minimum absolute atomic E-state index is 0.0400. The van der Waals surface area contributed by atoms with Gasteiger partial charge < -0.3 is 15.3 Å². The van der Waals surface area contributed by atoms with Gasteiger partial charge in [0.2, 0.25) is 11.7 Å². The first kappa shape index (κ1) is 20.1. The Labute approximate surface area is 172 Å². The van der Waals surface area contributed by atoms with Crippen molar-refractivity contribution >= 4 is 11.8 Å². The lowest BCUT2D eigenvalue weighted by Gasteiger charge is -2.26. The van der Waals surface area contributed by atoms with Crippen LogP contribution in [0.5, 0.6) is 5.75 Å². The molecule has 9 heteroatoms. The quantitative estimate of drug-likeness (QED) is 0.774. The Balaban J connectivity index is 1.60. The molecule has 30 heavy (non-hydrogen) atoms. The molecule has 1 saturated carbocycles. The van der Waals surface area contributed by atoms with Gasteiger partial charge >= 0.3 is 0 Å². The predicted octanol–water partition coefficient (Wildman–Crippen LogP) is 1.63. The van der Waals surface area contributed by atoms with Crippen molar-refractivity contribution < 1.29 is 19.1 Å². The lowest BCUT2D eigenvalue weighted by molar-refractivity contribution is -0.133. The van der Waals surface area contributed by atoms with Gasteiger partial charge in [-0.25, -0.2) is 9.37 Å². The molecule has 2 heterocycles. The van der Waals surface area contributed by atoms with Gasteiger partial charge in [0.1, 0.15) is 11.6 Å². The zero-order valence-corrected chi connectivity index (χ0v) is 16.6. The highest BCUT2D eigenvalue weighted by molar-refractivity contribution is 5.94. The van der Waals surface area contributed by atoms with Gasteiger partial charge in [-0.05, 0) is 43.4 Å². The number of halogens is 1. The van der Waals surface area contributed by atoms with E-state index in [1.807, 2.05) is 0 Å². The van der Waals surface area contributed by atoms with Crippen LogP contribution < -0.4 is 10.9 Å². The molecule has 8 nitrogen and oxygen atoms in total. The highest BCUT2D eigenvalue weighted by Gasteiger charge is 2.40. The predicted molar refractivity (Wildman–Crippen MR) is 105 cm³/mol. The van der Waals surface area contributed by atoms with E-state index >= 15 is 0 Å². The average Bonchev–Trinajstić information content (AvgIpc) is 3.48. The summed E-state index contributed by atoms with van der Waals surface area (Å²) < 4.78 is 14.2. The third-order valence-electron chi connectivity index (χ3n) is 5.64. The number of aromatic nitrogens is 2. The van der Waals surface area contributed by atoms with Crippen molar-refractivity contribution in [2.24, 2.45) is 13.0 Å². The van der Waals surface area contributed by atoms with Crippen LogP contribution in [0.4, 0.5) is 4.39 Å². The Bertz CT molecular complexity index is 1050. The summed E-state index contributed by atoms with van der Waals surface area (Å²) in [6, 6.07) is 5.20. The maximum atomic E-state index is 13.0. The van der Waals surface area contributed by atoms with Crippen LogP contribution in [0.2, 0.25) is 0 Å². The average molecular weight is 414 g/mol. The van der Waals surface area contributed by atoms with Crippen LogP contribution in [-0.4, -0.2) is 37.9 Å². The number of benzene rings is 1. The van der Waals surface area contributed by atoms with Crippen molar-refractivity contribution in [3.05, 3.63) is 57.5 Å². The Hall–Kier alpha value is -3.23. The molecule has 1 aliphatic carbocycles. The number of carbonyl (C=O) groups excluding carboxylic acids is 2. The van der Waals surface area contributed by atoms with E-state index in [-0.39, 0.29) is 35.7 Å². The normalized spacial score (nSPS) is 18.5. The van der Waals surface area contributed by atoms with Crippen LogP contribution >= 0.6 is 0 Å². The smallest absolute Gasteiger partial charge is 0.296 e. The van der Waals surface area contributed by atoms with Crippen molar-refractivity contribution in [3.63, 3.8) is 0 Å². The molecule has 1 aromatic carbocycles. The number of aromatic hydroxyl groups is 1. The summed E-state index contributed by atoms with van der Waals surface area (Å²) in [5, 5.41) is 12.8. The number of carbonyl (C=O) groups is 2. The number of nitrogens with one attached hydrogen (secondary N) is 1. The zero-order chi connectivity index (χ0) is 21.4. The Morgan fingerprint density at radius 3 is 2.60 bits per heavy atom. The van der Waals surface area contributed by atoms with Crippen LogP contribution in [0.15, 0.2) is 29.1 Å². The minimum atomic E-state index is -0.740. The van der Waals surface area contributed by atoms with Gasteiger partial charge in [-0.15, -0.1) is 0 Å². The van der Waals surface area contributed by atoms with Gasteiger partial charge in [0.25, 0.3) is 11.5 Å². The molecule has 2 aliphatic rings. The fourth-order valence-electron chi connectivity index (χ4n) is 3.80. The van der Waals surface area contributed by atoms with Crippen molar-refractivity contribution in [3.8, 4) is 5.75 Å². The Kier molecular flexibility index (Phi) is 5.27. The zero-order valence-electron chi connectivity index (χ0n) is 16.6. The molecule has 2 N–H and O–H groups in total. The lowest BCUT2D eigenvalue weighted by Crippen LogP contribution is -2.37. The topological polar surface area (TPSA) is 105 Å². The van der Waals surface area contributed by atoms with E-state index in [9.17, 15) is 23.9 Å². The summed E-state index contributed by atoms with van der Waals surface area (Å²) in [6.45, 7) is 0.670. The van der Waals surface area contributed by atoms with Crippen LogP contribution in [0.1, 0.15) is 53.6 Å². The second kappa shape index (κ2) is 7.89. The Morgan fingerprint density at radius 1 is 1.23 bits per heavy atom. The molecule has 1 saturated heterocycles. The molecular formula is C21H23FN4O4. The maximum Gasteiger partial charge on any atom is 0.296 e. The molecule has 0 radical (unpaired) electrons. The molecule has 0 spiro atoms. The fourth-order valence-corrected chi connectivity index (χ4v) is 3.80. The van der Waals surface area contributed by atoms with E-state index in [0.717, 1.165) is 19.3 Å². The number of hydrogen-bond acceptors (Lipinski definition) is 5. The summed E-state index contributed by atoms with van der Waals surface area (Å²) >= 11 is 0. The molecule has 0 bridgehead atoms. The number of hydrogen-bond donors (Lipinski definition) is 2. The van der Waals surface area contributed by atoms with Crippen LogP contribution in [-0.2, 0) is 18.4 Å². The van der Waals surface area contributed by atoms with Gasteiger partial charge in [-0.1, -0.05) is 12.1 Å². The number of rotatable bonds is 5. The van der Waals surface area contributed by atoms with Gasteiger partial charge in [0.15, 0.2) is 5.69 Å². The van der Waals surface area contributed by atoms with Crippen molar-refractivity contribution in [2.45, 2.75) is 38.3 Å². The molecule has 1 atom stereocenters. The third-order valence-corrected chi connectivity index (χ3v) is 5.64. The largest absolute Gasteiger partial charge is 0.501 e. The number of likely N-dealkylation sites (tertiary alicyclic amines) is 1. The van der Waals surface area contributed by atoms with Gasteiger partial charge in [0.05, 0.1) is 6.04 Å². The highest BCUT2D eigenvalue weighted by Crippen LogP contribution is 2.38. The molecule has 2 aromatic rings. The second-order valence-electron chi connectivity index (χ2n) is 7.80. The van der Waals surface area contributed by atoms with E-state index < -0.39 is 23.3 Å². The maximum absolute atomic E-state index is 13.0. The summed E-state index contributed by atoms with van der Waals surface area (Å²) in [5.41, 5.74) is -0.455. The van der Waals surface area contributed by atoms with Crippen molar-refractivity contribution in [1.29, 1.82) is 0 Å². The molecule has 1 aromatic heterocycles. The molecular weight excluding hydrogens is 391 g/mol. The van der Waals surface area contributed by atoms with E-state index in [4.69, 9.17) is 0 Å². The van der Waals surface area contributed by atoms with E-state index in [2.05, 4.69) is 10.3 Å². The van der Waals surface area contributed by atoms with E-state index in [1.54, 1.807) is 4.90 Å². The van der Waals surface area contributed by atoms with E-state index in [0.29, 0.717) is 18.5 Å². The molecule has 1 unspecified atom stereocenters. The molecule has 158 valence electrons. The van der Waals surface area contributed by atoms with Gasteiger partial charge in [-0.3, -0.25) is 19.0 Å². The standard InChI is InChI=1S/C21H23FN4O4/c1-25-18(15-3-2-10-26(15)20(29)13-6-7-13)24-16(17(27)21(25)30)19(28)23-11-12-4-8-14(22)9-5-12/h4-5,8-9,13,15,27H,2-3,6-7,10-11H2,1H3,(H,23,28). The van der Waals surface area contributed by atoms with Gasteiger partial charge in [0, 0.05) is 26.1 Å². The van der Waals surface area contributed by atoms with Gasteiger partial charge in [-0.2, -0.15) is 0 Å². The molecule has 4 rings (SSSR count). The van der Waals surface area contributed by atoms with Crippen LogP contribution in [0.25, 0.3) is 0 Å². The van der Waals surface area contributed by atoms with E-state index in [1.165, 1.54) is 35.9 Å². The molecule has 2 fully saturated rings. The SMILES string of the molecule is Cn1c(C2CCCN2C(=O)C2CC2)nc(C(=O)NCc2ccc(F)cc2)c(O)c1=O. The highest BCUT2D eigenvalue weighted by atomic mass is 19.1. The van der Waals surface area contributed by atoms with Crippen LogP contribution in [0, 0.1) is 11.7 Å². The summed E-state index contributed by atoms with van der Waals surface area (Å²) in [5.74, 6) is -1.45. The second-order valence-corrected chi connectivity index (χ2v) is 7.80. The van der Waals surface area contributed by atoms with Crippen molar-refractivity contribution in [2.75, 3.05) is 6.54 Å².